The van der Waals surface area contributed by atoms with Gasteiger partial charge in [-0.25, -0.2) is 0 Å². The van der Waals surface area contributed by atoms with Crippen LogP contribution in [0.2, 0.25) is 0 Å². The van der Waals surface area contributed by atoms with Crippen molar-refractivity contribution in [3.63, 3.8) is 0 Å². The highest BCUT2D eigenvalue weighted by atomic mass is 16.5. The van der Waals surface area contributed by atoms with Gasteiger partial charge in [0.25, 0.3) is 0 Å². The fourth-order valence-corrected chi connectivity index (χ4v) is 2.21. The van der Waals surface area contributed by atoms with Gasteiger partial charge in [0.15, 0.2) is 0 Å². The molecule has 0 saturated heterocycles. The summed E-state index contributed by atoms with van der Waals surface area (Å²) in [6.07, 6.45) is 1.20. The van der Waals surface area contributed by atoms with Gasteiger partial charge in [-0.15, -0.1) is 0 Å². The summed E-state index contributed by atoms with van der Waals surface area (Å²) in [5.41, 5.74) is 2.68. The summed E-state index contributed by atoms with van der Waals surface area (Å²) in [6, 6.07) is 17.1. The number of benzene rings is 2. The van der Waals surface area contributed by atoms with Crippen molar-refractivity contribution in [3.05, 3.63) is 59.7 Å². The molecule has 0 atom stereocenters. The molecule has 24 heavy (non-hydrogen) atoms. The van der Waals surface area contributed by atoms with Gasteiger partial charge in [0.2, 0.25) is 5.91 Å². The van der Waals surface area contributed by atoms with Crippen LogP contribution in [0.5, 0.6) is 5.75 Å². The first kappa shape index (κ1) is 17.4. The van der Waals surface area contributed by atoms with Crippen molar-refractivity contribution >= 4 is 11.6 Å². The second-order valence-electron chi connectivity index (χ2n) is 5.31. The Hall–Kier alpha value is -3.00. The predicted octanol–water partition coefficient (Wildman–Crippen LogP) is 2.73. The van der Waals surface area contributed by atoms with E-state index >= 15 is 0 Å². The molecule has 1 amide bonds. The van der Waals surface area contributed by atoms with Gasteiger partial charge in [-0.3, -0.25) is 4.79 Å². The van der Waals surface area contributed by atoms with Gasteiger partial charge in [-0.2, -0.15) is 5.26 Å². The topological polar surface area (TPSA) is 74.2 Å². The van der Waals surface area contributed by atoms with E-state index in [0.717, 1.165) is 23.4 Å². The first-order valence-corrected chi connectivity index (χ1v) is 7.85. The van der Waals surface area contributed by atoms with Gasteiger partial charge in [0.05, 0.1) is 18.7 Å². The Bertz CT molecular complexity index is 688. The summed E-state index contributed by atoms with van der Waals surface area (Å²) in [4.78, 5) is 11.8. The van der Waals surface area contributed by atoms with Gasteiger partial charge in [0.1, 0.15) is 5.75 Å². The zero-order chi connectivity index (χ0) is 17.2. The van der Waals surface area contributed by atoms with Crippen LogP contribution in [0.25, 0.3) is 0 Å². The average Bonchev–Trinajstić information content (AvgIpc) is 2.63. The molecule has 0 saturated carbocycles. The van der Waals surface area contributed by atoms with Crippen LogP contribution in [0.3, 0.4) is 0 Å². The van der Waals surface area contributed by atoms with Crippen LogP contribution in [-0.4, -0.2) is 26.1 Å². The Morgan fingerprint density at radius 1 is 1.08 bits per heavy atom. The molecule has 5 nitrogen and oxygen atoms in total. The Morgan fingerprint density at radius 2 is 1.79 bits per heavy atom. The van der Waals surface area contributed by atoms with Gasteiger partial charge in [-0.1, -0.05) is 12.1 Å². The minimum absolute atomic E-state index is 0.0182. The van der Waals surface area contributed by atoms with Crippen LogP contribution in [0.1, 0.15) is 17.5 Å². The number of ether oxygens (including phenoxy) is 1. The monoisotopic (exact) mass is 323 g/mol. The minimum Gasteiger partial charge on any atom is -0.497 e. The van der Waals surface area contributed by atoms with Crippen LogP contribution in [0.15, 0.2) is 48.5 Å². The first-order chi connectivity index (χ1) is 11.7. The molecule has 0 fully saturated rings. The lowest BCUT2D eigenvalue weighted by atomic mass is 10.1. The number of methoxy groups -OCH3 is 1. The highest BCUT2D eigenvalue weighted by Crippen LogP contribution is 2.11. The Morgan fingerprint density at radius 3 is 2.42 bits per heavy atom. The maximum atomic E-state index is 11.8. The molecule has 0 heterocycles. The lowest BCUT2D eigenvalue weighted by Crippen LogP contribution is -2.27. The molecule has 2 aromatic rings. The van der Waals surface area contributed by atoms with Crippen molar-refractivity contribution in [3.8, 4) is 11.8 Å². The second kappa shape index (κ2) is 9.21. The summed E-state index contributed by atoms with van der Waals surface area (Å²) >= 11 is 0. The van der Waals surface area contributed by atoms with Crippen molar-refractivity contribution in [1.82, 2.24) is 5.32 Å². The highest BCUT2D eigenvalue weighted by Gasteiger charge is 2.01. The summed E-state index contributed by atoms with van der Waals surface area (Å²) in [6.45, 7) is 1.17. The van der Waals surface area contributed by atoms with Crippen LogP contribution in [-0.2, 0) is 11.2 Å². The number of carbonyl (C=O) groups excluding carboxylic acids is 1. The third-order valence-corrected chi connectivity index (χ3v) is 3.59. The van der Waals surface area contributed by atoms with Crippen molar-refractivity contribution in [1.29, 1.82) is 5.26 Å². The van der Waals surface area contributed by atoms with E-state index in [9.17, 15) is 4.79 Å². The van der Waals surface area contributed by atoms with E-state index in [4.69, 9.17) is 10.00 Å². The van der Waals surface area contributed by atoms with E-state index in [-0.39, 0.29) is 5.91 Å². The van der Waals surface area contributed by atoms with Crippen molar-refractivity contribution in [2.75, 3.05) is 25.5 Å². The van der Waals surface area contributed by atoms with Crippen molar-refractivity contribution in [2.24, 2.45) is 0 Å². The molecular formula is C19H21N3O2. The lowest BCUT2D eigenvalue weighted by molar-refractivity contribution is -0.120. The number of nitrogens with one attached hydrogen (secondary N) is 2. The van der Waals surface area contributed by atoms with Gasteiger partial charge in [-0.05, 0) is 48.4 Å². The maximum absolute atomic E-state index is 11.8. The Kier molecular flexibility index (Phi) is 6.66. The molecule has 0 bridgehead atoms. The molecule has 2 aromatic carbocycles. The smallest absolute Gasteiger partial charge is 0.221 e. The molecule has 0 spiro atoms. The summed E-state index contributed by atoms with van der Waals surface area (Å²) < 4.78 is 5.11. The number of carbonyl (C=O) groups is 1. The quantitative estimate of drug-likeness (QED) is 0.783. The first-order valence-electron chi connectivity index (χ1n) is 7.85. The molecule has 0 aromatic heterocycles. The number of amides is 1. The molecule has 0 aliphatic rings. The van der Waals surface area contributed by atoms with E-state index in [0.29, 0.717) is 25.1 Å². The Labute approximate surface area is 142 Å². The highest BCUT2D eigenvalue weighted by molar-refractivity contribution is 5.76. The zero-order valence-electron chi connectivity index (χ0n) is 13.7. The second-order valence-corrected chi connectivity index (χ2v) is 5.31. The van der Waals surface area contributed by atoms with E-state index in [1.807, 2.05) is 36.4 Å². The molecule has 5 heteroatoms. The van der Waals surface area contributed by atoms with Gasteiger partial charge >= 0.3 is 0 Å². The average molecular weight is 323 g/mol. The predicted molar refractivity (Wildman–Crippen MR) is 94.0 cm³/mol. The molecule has 0 radical (unpaired) electrons. The van der Waals surface area contributed by atoms with Crippen molar-refractivity contribution < 1.29 is 9.53 Å². The maximum Gasteiger partial charge on any atom is 0.221 e. The van der Waals surface area contributed by atoms with Crippen LogP contribution in [0, 0.1) is 11.3 Å². The SMILES string of the molecule is COc1ccc(CCNC(=O)CCNc2ccc(C#N)cc2)cc1. The molecule has 0 aliphatic carbocycles. The largest absolute Gasteiger partial charge is 0.497 e. The van der Waals surface area contributed by atoms with Gasteiger partial charge < -0.3 is 15.4 Å². The van der Waals surface area contributed by atoms with Crippen molar-refractivity contribution in [2.45, 2.75) is 12.8 Å². The third-order valence-electron chi connectivity index (χ3n) is 3.59. The zero-order valence-corrected chi connectivity index (χ0v) is 13.7. The minimum atomic E-state index is 0.0182. The van der Waals surface area contributed by atoms with E-state index < -0.39 is 0 Å². The van der Waals surface area contributed by atoms with E-state index in [1.165, 1.54) is 0 Å². The lowest BCUT2D eigenvalue weighted by Gasteiger charge is -2.08. The van der Waals surface area contributed by atoms with Crippen LogP contribution in [0.4, 0.5) is 5.69 Å². The number of hydrogen-bond donors (Lipinski definition) is 2. The molecule has 124 valence electrons. The third kappa shape index (κ3) is 5.65. The molecule has 0 aliphatic heterocycles. The molecule has 2 N–H and O–H groups in total. The van der Waals surface area contributed by atoms with Crippen LogP contribution >= 0.6 is 0 Å². The number of anilines is 1. The number of rotatable bonds is 8. The number of nitriles is 1. The summed E-state index contributed by atoms with van der Waals surface area (Å²) in [5, 5.41) is 14.8. The fourth-order valence-electron chi connectivity index (χ4n) is 2.21. The van der Waals surface area contributed by atoms with E-state index in [1.54, 1.807) is 19.2 Å². The molecule has 2 rings (SSSR count). The fraction of sp³-hybridized carbons (Fsp3) is 0.263. The Balaban J connectivity index is 1.63. The normalized spacial score (nSPS) is 9.83. The van der Waals surface area contributed by atoms with Gasteiger partial charge in [0, 0.05) is 25.2 Å². The number of hydrogen-bond acceptors (Lipinski definition) is 4. The van der Waals surface area contributed by atoms with E-state index in [2.05, 4.69) is 16.7 Å². The summed E-state index contributed by atoms with van der Waals surface area (Å²) in [5.74, 6) is 0.848. The summed E-state index contributed by atoms with van der Waals surface area (Å²) in [7, 11) is 1.64. The molecular weight excluding hydrogens is 302 g/mol. The molecule has 0 unspecified atom stereocenters. The van der Waals surface area contributed by atoms with Crippen LogP contribution < -0.4 is 15.4 Å². The standard InChI is InChI=1S/C19H21N3O2/c1-24-18-8-4-15(5-9-18)10-12-22-19(23)11-13-21-17-6-2-16(14-20)3-7-17/h2-9,21H,10-13H2,1H3,(H,22,23). The number of nitrogens with zero attached hydrogens (tertiary/aromatic N) is 1.